The molecule has 10 heteroatoms. The molecular formula is C18H14F6N2O2. The fourth-order valence-corrected chi connectivity index (χ4v) is 2.35. The Hall–Kier alpha value is -3.04. The average molecular weight is 404 g/mol. The first-order valence-corrected chi connectivity index (χ1v) is 7.76. The van der Waals surface area contributed by atoms with Gasteiger partial charge in [0, 0.05) is 11.4 Å². The normalized spacial score (nSPS) is 11.9. The van der Waals surface area contributed by atoms with Crippen molar-refractivity contribution in [3.05, 3.63) is 58.7 Å². The second-order valence-corrected chi connectivity index (χ2v) is 6.02. The van der Waals surface area contributed by atoms with E-state index in [4.69, 9.17) is 0 Å². The van der Waals surface area contributed by atoms with Crippen LogP contribution in [0, 0.1) is 13.8 Å². The summed E-state index contributed by atoms with van der Waals surface area (Å²) >= 11 is 0. The van der Waals surface area contributed by atoms with Gasteiger partial charge >= 0.3 is 24.2 Å². The van der Waals surface area contributed by atoms with Gasteiger partial charge in [-0.15, -0.1) is 0 Å². The van der Waals surface area contributed by atoms with Gasteiger partial charge in [0.1, 0.15) is 0 Å². The molecule has 0 saturated heterocycles. The summed E-state index contributed by atoms with van der Waals surface area (Å²) in [6, 6.07) is 5.45. The molecule has 2 aromatic carbocycles. The first-order chi connectivity index (χ1) is 12.8. The lowest BCUT2D eigenvalue weighted by atomic mass is 10.1. The van der Waals surface area contributed by atoms with Crippen LogP contribution in [0.2, 0.25) is 0 Å². The summed E-state index contributed by atoms with van der Waals surface area (Å²) in [5, 5.41) is 4.02. The van der Waals surface area contributed by atoms with Crippen LogP contribution in [0.25, 0.3) is 0 Å². The Morgan fingerprint density at radius 3 is 1.71 bits per heavy atom. The molecule has 4 nitrogen and oxygen atoms in total. The molecule has 150 valence electrons. The summed E-state index contributed by atoms with van der Waals surface area (Å²) in [7, 11) is 0. The molecule has 28 heavy (non-hydrogen) atoms. The van der Waals surface area contributed by atoms with Gasteiger partial charge in [0.25, 0.3) is 0 Å². The zero-order chi connectivity index (χ0) is 21.3. The molecule has 2 aromatic rings. The zero-order valence-electron chi connectivity index (χ0n) is 14.5. The molecule has 0 aliphatic carbocycles. The number of anilines is 2. The fraction of sp³-hybridized carbons (Fsp3) is 0.222. The first-order valence-electron chi connectivity index (χ1n) is 7.76. The highest BCUT2D eigenvalue weighted by Gasteiger charge is 2.37. The Morgan fingerprint density at radius 1 is 0.750 bits per heavy atom. The van der Waals surface area contributed by atoms with Crippen molar-refractivity contribution in [3.63, 3.8) is 0 Å². The molecule has 0 fully saturated rings. The molecule has 2 rings (SSSR count). The molecule has 2 N–H and O–H groups in total. The Kier molecular flexibility index (Phi) is 5.72. The molecule has 2 amide bonds. The number of carbonyl (C=O) groups excluding carboxylic acids is 2. The second kappa shape index (κ2) is 7.53. The van der Waals surface area contributed by atoms with Gasteiger partial charge in [0.15, 0.2) is 0 Å². The van der Waals surface area contributed by atoms with E-state index in [1.54, 1.807) is 31.3 Å². The van der Waals surface area contributed by atoms with Gasteiger partial charge in [0.05, 0.1) is 11.1 Å². The monoisotopic (exact) mass is 404 g/mol. The molecule has 0 aliphatic rings. The number of rotatable bonds is 2. The van der Waals surface area contributed by atoms with E-state index in [9.17, 15) is 35.9 Å². The summed E-state index contributed by atoms with van der Waals surface area (Å²) in [6.07, 6.45) is -10.1. The van der Waals surface area contributed by atoms with E-state index in [-0.39, 0.29) is 11.8 Å². The molecule has 0 saturated carbocycles. The molecule has 0 bridgehead atoms. The predicted octanol–water partition coefficient (Wildman–Crippen LogP) is 4.92. The molecule has 0 unspecified atom stereocenters. The summed E-state index contributed by atoms with van der Waals surface area (Å²) in [6.45, 7) is 3.46. The van der Waals surface area contributed by atoms with Gasteiger partial charge in [-0.1, -0.05) is 17.7 Å². The molecular weight excluding hydrogens is 390 g/mol. The zero-order valence-corrected chi connectivity index (χ0v) is 14.5. The summed E-state index contributed by atoms with van der Waals surface area (Å²) in [5.74, 6) is -2.65. The Bertz CT molecular complexity index is 887. The number of aryl methyl sites for hydroxylation is 2. The summed E-state index contributed by atoms with van der Waals surface area (Å²) in [4.78, 5) is 23.9. The minimum absolute atomic E-state index is 0.0780. The van der Waals surface area contributed by atoms with Crippen LogP contribution in [0.5, 0.6) is 0 Å². The van der Waals surface area contributed by atoms with Gasteiger partial charge in [-0.25, -0.2) is 0 Å². The van der Waals surface area contributed by atoms with E-state index in [0.29, 0.717) is 17.7 Å². The van der Waals surface area contributed by atoms with Gasteiger partial charge in [-0.2, -0.15) is 26.3 Å². The molecule has 0 radical (unpaired) electrons. The highest BCUT2D eigenvalue weighted by molar-refractivity contribution is 6.43. The number of amides is 2. The SMILES string of the molecule is Cc1ccc(NC(=O)C(=O)Nc2cc(C(F)(F)F)cc(C(F)(F)F)c2)c(C)c1. The third-order valence-electron chi connectivity index (χ3n) is 3.68. The number of nitrogens with one attached hydrogen (secondary N) is 2. The molecule has 0 heterocycles. The van der Waals surface area contributed by atoms with Crippen molar-refractivity contribution in [2.45, 2.75) is 26.2 Å². The fourth-order valence-electron chi connectivity index (χ4n) is 2.35. The number of benzene rings is 2. The van der Waals surface area contributed by atoms with Crippen molar-refractivity contribution in [3.8, 4) is 0 Å². The number of hydrogen-bond donors (Lipinski definition) is 2. The predicted molar refractivity (Wildman–Crippen MR) is 89.6 cm³/mol. The van der Waals surface area contributed by atoms with Crippen molar-refractivity contribution in [2.75, 3.05) is 10.6 Å². The van der Waals surface area contributed by atoms with Crippen LogP contribution in [0.3, 0.4) is 0 Å². The summed E-state index contributed by atoms with van der Waals surface area (Å²) in [5.41, 5.74) is -2.21. The summed E-state index contributed by atoms with van der Waals surface area (Å²) < 4.78 is 77.0. The number of alkyl halides is 6. The van der Waals surface area contributed by atoms with Crippen molar-refractivity contribution in [1.82, 2.24) is 0 Å². The van der Waals surface area contributed by atoms with Gasteiger partial charge in [0.2, 0.25) is 0 Å². The van der Waals surface area contributed by atoms with Crippen LogP contribution in [0.1, 0.15) is 22.3 Å². The molecule has 0 aliphatic heterocycles. The minimum atomic E-state index is -5.07. The maximum absolute atomic E-state index is 12.8. The lowest BCUT2D eigenvalue weighted by Gasteiger charge is -2.15. The van der Waals surface area contributed by atoms with Crippen molar-refractivity contribution in [2.24, 2.45) is 0 Å². The Morgan fingerprint density at radius 2 is 1.25 bits per heavy atom. The maximum Gasteiger partial charge on any atom is 0.416 e. The van der Waals surface area contributed by atoms with Gasteiger partial charge in [-0.3, -0.25) is 9.59 Å². The van der Waals surface area contributed by atoms with Crippen LogP contribution in [-0.4, -0.2) is 11.8 Å². The number of carbonyl (C=O) groups is 2. The van der Waals surface area contributed by atoms with Crippen molar-refractivity contribution in [1.29, 1.82) is 0 Å². The average Bonchev–Trinajstić information content (AvgIpc) is 2.55. The maximum atomic E-state index is 12.8. The van der Waals surface area contributed by atoms with Gasteiger partial charge in [-0.05, 0) is 43.7 Å². The Labute approximate surface area is 155 Å². The van der Waals surface area contributed by atoms with E-state index >= 15 is 0 Å². The molecule has 0 atom stereocenters. The van der Waals surface area contributed by atoms with E-state index in [0.717, 1.165) is 5.56 Å². The molecule has 0 aromatic heterocycles. The standard InChI is InChI=1S/C18H14F6N2O2/c1-9-3-4-14(10(2)5-9)26-16(28)15(27)25-13-7-11(17(19,20)21)6-12(8-13)18(22,23)24/h3-8H,1-2H3,(H,25,27)(H,26,28). The lowest BCUT2D eigenvalue weighted by Crippen LogP contribution is -2.29. The lowest BCUT2D eigenvalue weighted by molar-refractivity contribution is -0.143. The largest absolute Gasteiger partial charge is 0.416 e. The number of hydrogen-bond acceptors (Lipinski definition) is 2. The van der Waals surface area contributed by atoms with Crippen LogP contribution in [-0.2, 0) is 21.9 Å². The van der Waals surface area contributed by atoms with E-state index in [2.05, 4.69) is 5.32 Å². The second-order valence-electron chi connectivity index (χ2n) is 6.02. The van der Waals surface area contributed by atoms with E-state index in [1.165, 1.54) is 6.07 Å². The highest BCUT2D eigenvalue weighted by Crippen LogP contribution is 2.37. The van der Waals surface area contributed by atoms with Gasteiger partial charge < -0.3 is 10.6 Å². The molecule has 0 spiro atoms. The van der Waals surface area contributed by atoms with Crippen molar-refractivity contribution < 1.29 is 35.9 Å². The highest BCUT2D eigenvalue weighted by atomic mass is 19.4. The quantitative estimate of drug-likeness (QED) is 0.552. The van der Waals surface area contributed by atoms with Crippen molar-refractivity contribution >= 4 is 23.2 Å². The van der Waals surface area contributed by atoms with Crippen LogP contribution < -0.4 is 10.6 Å². The first kappa shape index (κ1) is 21.3. The van der Waals surface area contributed by atoms with E-state index < -0.39 is 41.0 Å². The Balaban J connectivity index is 2.26. The topological polar surface area (TPSA) is 58.2 Å². The van der Waals surface area contributed by atoms with Crippen LogP contribution >= 0.6 is 0 Å². The number of halogens is 6. The third kappa shape index (κ3) is 5.24. The smallest absolute Gasteiger partial charge is 0.318 e. The van der Waals surface area contributed by atoms with Crippen LogP contribution in [0.15, 0.2) is 36.4 Å². The third-order valence-corrected chi connectivity index (χ3v) is 3.68. The minimum Gasteiger partial charge on any atom is -0.318 e. The van der Waals surface area contributed by atoms with E-state index in [1.807, 2.05) is 0 Å². The van der Waals surface area contributed by atoms with Crippen LogP contribution in [0.4, 0.5) is 37.7 Å².